The van der Waals surface area contributed by atoms with Gasteiger partial charge in [0.15, 0.2) is 4.90 Å². The summed E-state index contributed by atoms with van der Waals surface area (Å²) in [6, 6.07) is 16.2. The average Bonchev–Trinajstić information content (AvgIpc) is 2.91. The number of sulfone groups is 1. The first-order valence-corrected chi connectivity index (χ1v) is 13.8. The fourth-order valence-electron chi connectivity index (χ4n) is 4.44. The summed E-state index contributed by atoms with van der Waals surface area (Å²) in [5.41, 5.74) is 2.85. The standard InChI is InChI=1S/C29H28N4O4S/c1-4-5-9-26-32-28(34)27(29(35)33(26)20(3)23-8-6-7-21(16-23)17-30)38(36,37)24-12-10-22(11-13-24)25-14-15-31-18-19(25)2/h6-8,10-16,18,20,34H,4-5,9H2,1-3H3. The van der Waals surface area contributed by atoms with Crippen LogP contribution in [0.15, 0.2) is 81.6 Å². The summed E-state index contributed by atoms with van der Waals surface area (Å²) < 4.78 is 28.6. The fourth-order valence-corrected chi connectivity index (χ4v) is 5.79. The molecule has 38 heavy (non-hydrogen) atoms. The van der Waals surface area contributed by atoms with Gasteiger partial charge < -0.3 is 5.11 Å². The number of aromatic nitrogens is 3. The van der Waals surface area contributed by atoms with Crippen molar-refractivity contribution >= 4 is 9.84 Å². The summed E-state index contributed by atoms with van der Waals surface area (Å²) in [6.07, 6.45) is 5.27. The molecule has 1 atom stereocenters. The highest BCUT2D eigenvalue weighted by atomic mass is 32.2. The lowest BCUT2D eigenvalue weighted by atomic mass is 10.0. The van der Waals surface area contributed by atoms with Gasteiger partial charge in [-0.15, -0.1) is 0 Å². The van der Waals surface area contributed by atoms with Crippen molar-refractivity contribution < 1.29 is 13.5 Å². The number of nitriles is 1. The van der Waals surface area contributed by atoms with Crippen molar-refractivity contribution in [2.24, 2.45) is 0 Å². The Kier molecular flexibility index (Phi) is 7.74. The molecule has 0 saturated carbocycles. The summed E-state index contributed by atoms with van der Waals surface area (Å²) in [7, 11) is -4.41. The minimum absolute atomic E-state index is 0.130. The summed E-state index contributed by atoms with van der Waals surface area (Å²) in [6.45, 7) is 5.64. The lowest BCUT2D eigenvalue weighted by molar-refractivity contribution is 0.412. The van der Waals surface area contributed by atoms with E-state index in [1.54, 1.807) is 55.7 Å². The second-order valence-corrected chi connectivity index (χ2v) is 11.0. The van der Waals surface area contributed by atoms with Gasteiger partial charge in [0.05, 0.1) is 22.6 Å². The Balaban J connectivity index is 1.85. The van der Waals surface area contributed by atoms with Crippen LogP contribution in [0.1, 0.15) is 55.2 Å². The normalized spacial score (nSPS) is 12.2. The molecule has 0 aliphatic rings. The highest BCUT2D eigenvalue weighted by molar-refractivity contribution is 7.91. The van der Waals surface area contributed by atoms with E-state index in [2.05, 4.69) is 16.0 Å². The number of pyridine rings is 1. The van der Waals surface area contributed by atoms with E-state index in [4.69, 9.17) is 0 Å². The van der Waals surface area contributed by atoms with Crippen LogP contribution in [0, 0.1) is 18.3 Å². The first kappa shape index (κ1) is 26.8. The molecule has 1 unspecified atom stereocenters. The van der Waals surface area contributed by atoms with Crippen LogP contribution in [0.4, 0.5) is 0 Å². The molecule has 0 spiro atoms. The van der Waals surface area contributed by atoms with Crippen molar-refractivity contribution in [3.05, 3.63) is 99.9 Å². The van der Waals surface area contributed by atoms with Crippen molar-refractivity contribution in [1.29, 1.82) is 5.26 Å². The molecule has 4 rings (SSSR count). The quantitative estimate of drug-likeness (QED) is 0.342. The van der Waals surface area contributed by atoms with E-state index in [1.807, 2.05) is 19.9 Å². The van der Waals surface area contributed by atoms with Crippen LogP contribution in [-0.2, 0) is 16.3 Å². The molecule has 2 aromatic heterocycles. The fraction of sp³-hybridized carbons (Fsp3) is 0.241. The number of nitrogens with zero attached hydrogens (tertiary/aromatic N) is 4. The van der Waals surface area contributed by atoms with Crippen molar-refractivity contribution in [3.63, 3.8) is 0 Å². The van der Waals surface area contributed by atoms with Gasteiger partial charge in [0.2, 0.25) is 15.7 Å². The molecular formula is C29H28N4O4S. The molecule has 1 N–H and O–H groups in total. The lowest BCUT2D eigenvalue weighted by Gasteiger charge is -2.21. The number of unbranched alkanes of at least 4 members (excludes halogenated alkanes) is 1. The van der Waals surface area contributed by atoms with Gasteiger partial charge in [0.1, 0.15) is 5.82 Å². The van der Waals surface area contributed by atoms with Gasteiger partial charge >= 0.3 is 0 Å². The number of benzene rings is 2. The van der Waals surface area contributed by atoms with Crippen LogP contribution in [-0.4, -0.2) is 28.1 Å². The molecule has 9 heteroatoms. The second kappa shape index (κ2) is 11.0. The van der Waals surface area contributed by atoms with Crippen LogP contribution in [0.2, 0.25) is 0 Å². The van der Waals surface area contributed by atoms with Gasteiger partial charge in [-0.05, 0) is 72.9 Å². The molecule has 194 valence electrons. The monoisotopic (exact) mass is 528 g/mol. The maximum atomic E-state index is 13.8. The summed E-state index contributed by atoms with van der Waals surface area (Å²) in [4.78, 5) is 21.2. The first-order valence-electron chi connectivity index (χ1n) is 12.3. The highest BCUT2D eigenvalue weighted by Crippen LogP contribution is 2.30. The van der Waals surface area contributed by atoms with Crippen molar-refractivity contribution in [2.75, 3.05) is 0 Å². The van der Waals surface area contributed by atoms with E-state index in [1.165, 1.54) is 16.7 Å². The molecule has 0 fully saturated rings. The minimum atomic E-state index is -4.41. The Labute approximate surface area is 221 Å². The Morgan fingerprint density at radius 3 is 2.53 bits per heavy atom. The average molecular weight is 529 g/mol. The van der Waals surface area contributed by atoms with Crippen LogP contribution < -0.4 is 5.56 Å². The number of hydrogen-bond donors (Lipinski definition) is 1. The zero-order chi connectivity index (χ0) is 27.4. The Bertz CT molecular complexity index is 1690. The molecule has 0 saturated heterocycles. The molecule has 2 heterocycles. The molecule has 8 nitrogen and oxygen atoms in total. The topological polar surface area (TPSA) is 126 Å². The van der Waals surface area contributed by atoms with Gasteiger partial charge in [-0.25, -0.2) is 8.42 Å². The molecule has 0 bridgehead atoms. The number of aryl methyl sites for hydroxylation is 2. The maximum absolute atomic E-state index is 13.8. The molecule has 4 aromatic rings. The van der Waals surface area contributed by atoms with E-state index in [9.17, 15) is 23.6 Å². The van der Waals surface area contributed by atoms with E-state index < -0.39 is 32.2 Å². The zero-order valence-corrected chi connectivity index (χ0v) is 22.2. The Morgan fingerprint density at radius 1 is 1.13 bits per heavy atom. The molecule has 0 radical (unpaired) electrons. The minimum Gasteiger partial charge on any atom is -0.492 e. The SMILES string of the molecule is CCCCc1nc(O)c(S(=O)(=O)c2ccc(-c3ccncc3C)cc2)c(=O)n1C(C)c1cccc(C#N)c1. The zero-order valence-electron chi connectivity index (χ0n) is 21.4. The van der Waals surface area contributed by atoms with Gasteiger partial charge in [-0.2, -0.15) is 10.2 Å². The lowest BCUT2D eigenvalue weighted by Crippen LogP contribution is -2.32. The second-order valence-electron chi connectivity index (χ2n) is 9.09. The molecule has 0 amide bonds. The van der Waals surface area contributed by atoms with Crippen LogP contribution in [0.25, 0.3) is 11.1 Å². The van der Waals surface area contributed by atoms with Gasteiger partial charge in [-0.3, -0.25) is 14.3 Å². The largest absolute Gasteiger partial charge is 0.492 e. The highest BCUT2D eigenvalue weighted by Gasteiger charge is 2.31. The molecule has 0 aliphatic carbocycles. The van der Waals surface area contributed by atoms with E-state index in [-0.39, 0.29) is 10.7 Å². The van der Waals surface area contributed by atoms with Crippen molar-refractivity contribution in [2.45, 2.75) is 55.9 Å². The van der Waals surface area contributed by atoms with Crippen LogP contribution in [0.5, 0.6) is 5.88 Å². The van der Waals surface area contributed by atoms with Crippen molar-refractivity contribution in [3.8, 4) is 23.1 Å². The Hall–Kier alpha value is -4.29. The Morgan fingerprint density at radius 2 is 1.87 bits per heavy atom. The van der Waals surface area contributed by atoms with Crippen molar-refractivity contribution in [1.82, 2.24) is 14.5 Å². The van der Waals surface area contributed by atoms with Gasteiger partial charge in [-0.1, -0.05) is 37.6 Å². The summed E-state index contributed by atoms with van der Waals surface area (Å²) >= 11 is 0. The molecular weight excluding hydrogens is 500 g/mol. The van der Waals surface area contributed by atoms with Gasteiger partial charge in [0, 0.05) is 18.8 Å². The molecule has 2 aromatic carbocycles. The van der Waals surface area contributed by atoms with Crippen LogP contribution >= 0.6 is 0 Å². The third kappa shape index (κ3) is 5.08. The summed E-state index contributed by atoms with van der Waals surface area (Å²) in [5, 5.41) is 20.1. The summed E-state index contributed by atoms with van der Waals surface area (Å²) in [5.74, 6) is -0.531. The first-order chi connectivity index (χ1) is 18.2. The smallest absolute Gasteiger partial charge is 0.277 e. The van der Waals surface area contributed by atoms with E-state index in [0.29, 0.717) is 24.0 Å². The maximum Gasteiger partial charge on any atom is 0.277 e. The third-order valence-electron chi connectivity index (χ3n) is 6.53. The number of hydrogen-bond acceptors (Lipinski definition) is 7. The predicted molar refractivity (Wildman–Crippen MR) is 144 cm³/mol. The molecule has 0 aliphatic heterocycles. The van der Waals surface area contributed by atoms with E-state index in [0.717, 1.165) is 23.1 Å². The van der Waals surface area contributed by atoms with E-state index >= 15 is 0 Å². The van der Waals surface area contributed by atoms with Gasteiger partial charge in [0.25, 0.3) is 5.56 Å². The third-order valence-corrected chi connectivity index (χ3v) is 8.32. The predicted octanol–water partition coefficient (Wildman–Crippen LogP) is 4.98. The number of aromatic hydroxyl groups is 1. The number of rotatable bonds is 8. The van der Waals surface area contributed by atoms with Crippen LogP contribution in [0.3, 0.4) is 0 Å².